The fourth-order valence-electron chi connectivity index (χ4n) is 1.53. The van der Waals surface area contributed by atoms with Gasteiger partial charge in [-0.2, -0.15) is 26.3 Å². The maximum Gasteiger partial charge on any atom is 0.491 e. The average molecular weight is 372 g/mol. The lowest BCUT2D eigenvalue weighted by atomic mass is 10.2. The first-order valence-electron chi connectivity index (χ1n) is 5.94. The Balaban J connectivity index is 2.61. The lowest BCUT2D eigenvalue weighted by Crippen LogP contribution is -2.30. The molecule has 0 aliphatic rings. The molecule has 0 atom stereocenters. The minimum Gasteiger partial charge on any atom is -0.413 e. The van der Waals surface area contributed by atoms with E-state index in [0.29, 0.717) is 6.07 Å². The standard InChI is InChI=1S/C12H3F7N2O4/c13-4-2-1-3-5-6(4)7(24-9(22)11(14,15)16)8(21-20-5)25-10(23)12(17,18)19/h1-3H. The highest BCUT2D eigenvalue weighted by molar-refractivity contribution is 5.91. The van der Waals surface area contributed by atoms with Gasteiger partial charge in [0.25, 0.3) is 5.88 Å². The summed E-state index contributed by atoms with van der Waals surface area (Å²) in [6.45, 7) is 0. The molecule has 1 aromatic heterocycles. The number of hydrogen-bond donors (Lipinski definition) is 0. The summed E-state index contributed by atoms with van der Waals surface area (Å²) < 4.78 is 95.1. The van der Waals surface area contributed by atoms with Gasteiger partial charge in [0.15, 0.2) is 0 Å². The molecule has 134 valence electrons. The Bertz CT molecular complexity index is 848. The van der Waals surface area contributed by atoms with Crippen molar-refractivity contribution in [3.63, 3.8) is 0 Å². The normalized spacial score (nSPS) is 12.1. The molecular weight excluding hydrogens is 369 g/mol. The van der Waals surface area contributed by atoms with Gasteiger partial charge in [0.05, 0.1) is 10.9 Å². The highest BCUT2D eigenvalue weighted by Crippen LogP contribution is 2.36. The van der Waals surface area contributed by atoms with Crippen LogP contribution < -0.4 is 9.47 Å². The predicted molar refractivity (Wildman–Crippen MR) is 62.9 cm³/mol. The van der Waals surface area contributed by atoms with Crippen LogP contribution in [0, 0.1) is 5.82 Å². The molecule has 2 rings (SSSR count). The molecule has 0 aliphatic carbocycles. The molecule has 13 heteroatoms. The Morgan fingerprint density at radius 3 is 2.00 bits per heavy atom. The van der Waals surface area contributed by atoms with Crippen molar-refractivity contribution in [2.45, 2.75) is 12.4 Å². The first kappa shape index (κ1) is 18.4. The zero-order valence-corrected chi connectivity index (χ0v) is 11.4. The summed E-state index contributed by atoms with van der Waals surface area (Å²) in [5.74, 6) is -10.1. The van der Waals surface area contributed by atoms with Gasteiger partial charge in [-0.15, -0.1) is 10.2 Å². The van der Waals surface area contributed by atoms with E-state index in [-0.39, 0.29) is 0 Å². The number of carbonyl (C=O) groups is 2. The number of carbonyl (C=O) groups excluding carboxylic acids is 2. The molecule has 6 nitrogen and oxygen atoms in total. The third-order valence-corrected chi connectivity index (χ3v) is 2.51. The number of rotatable bonds is 2. The van der Waals surface area contributed by atoms with Crippen molar-refractivity contribution in [1.82, 2.24) is 10.2 Å². The molecule has 0 amide bonds. The number of halogens is 7. The number of hydrogen-bond acceptors (Lipinski definition) is 6. The molecule has 0 bridgehead atoms. The van der Waals surface area contributed by atoms with E-state index in [1.165, 1.54) is 0 Å². The maximum atomic E-state index is 13.8. The van der Waals surface area contributed by atoms with E-state index in [1.807, 2.05) is 0 Å². The van der Waals surface area contributed by atoms with Gasteiger partial charge in [0.2, 0.25) is 5.75 Å². The van der Waals surface area contributed by atoms with Gasteiger partial charge in [-0.3, -0.25) is 0 Å². The van der Waals surface area contributed by atoms with E-state index in [2.05, 4.69) is 19.7 Å². The fraction of sp³-hybridized carbons (Fsp3) is 0.167. The van der Waals surface area contributed by atoms with E-state index in [0.717, 1.165) is 12.1 Å². The summed E-state index contributed by atoms with van der Waals surface area (Å²) >= 11 is 0. The maximum absolute atomic E-state index is 13.8. The molecule has 0 N–H and O–H groups in total. The summed E-state index contributed by atoms with van der Waals surface area (Å²) in [6, 6.07) is 2.78. The molecule has 25 heavy (non-hydrogen) atoms. The molecule has 0 unspecified atom stereocenters. The molecule has 0 radical (unpaired) electrons. The third kappa shape index (κ3) is 3.92. The largest absolute Gasteiger partial charge is 0.491 e. The van der Waals surface area contributed by atoms with Crippen LogP contribution in [0.1, 0.15) is 0 Å². The van der Waals surface area contributed by atoms with E-state index in [4.69, 9.17) is 0 Å². The van der Waals surface area contributed by atoms with Gasteiger partial charge in [0.1, 0.15) is 5.82 Å². The van der Waals surface area contributed by atoms with Crippen LogP contribution in [0.5, 0.6) is 11.6 Å². The number of alkyl halides is 6. The SMILES string of the molecule is O=C(Oc1nnc2cccc(F)c2c1OC(=O)C(F)(F)F)C(F)(F)F. The molecule has 0 saturated heterocycles. The summed E-state index contributed by atoms with van der Waals surface area (Å²) in [6.07, 6.45) is -11.1. The van der Waals surface area contributed by atoms with Crippen LogP contribution >= 0.6 is 0 Å². The second-order valence-corrected chi connectivity index (χ2v) is 4.24. The Morgan fingerprint density at radius 2 is 1.44 bits per heavy atom. The Morgan fingerprint density at radius 1 is 0.880 bits per heavy atom. The number of benzene rings is 1. The Kier molecular flexibility index (Phi) is 4.51. The van der Waals surface area contributed by atoms with Crippen molar-refractivity contribution in [2.75, 3.05) is 0 Å². The highest BCUT2D eigenvalue weighted by atomic mass is 19.4. The summed E-state index contributed by atoms with van der Waals surface area (Å²) in [7, 11) is 0. The van der Waals surface area contributed by atoms with Crippen LogP contribution in [-0.4, -0.2) is 34.5 Å². The molecule has 0 fully saturated rings. The zero-order chi connectivity index (χ0) is 19.0. The van der Waals surface area contributed by atoms with Gasteiger partial charge in [-0.1, -0.05) is 6.07 Å². The topological polar surface area (TPSA) is 78.4 Å². The lowest BCUT2D eigenvalue weighted by Gasteiger charge is -2.13. The van der Waals surface area contributed by atoms with Crippen LogP contribution in [0.4, 0.5) is 30.7 Å². The van der Waals surface area contributed by atoms with Gasteiger partial charge >= 0.3 is 24.3 Å². The predicted octanol–water partition coefficient (Wildman–Crippen LogP) is 2.70. The summed E-state index contributed by atoms with van der Waals surface area (Å²) in [5.41, 5.74) is -0.461. The molecule has 0 saturated carbocycles. The average Bonchev–Trinajstić information content (AvgIpc) is 2.47. The number of fused-ring (bicyclic) bond motifs is 1. The lowest BCUT2D eigenvalue weighted by molar-refractivity contribution is -0.192. The minimum atomic E-state index is -5.56. The highest BCUT2D eigenvalue weighted by Gasteiger charge is 2.45. The van der Waals surface area contributed by atoms with E-state index >= 15 is 0 Å². The Hall–Kier alpha value is -2.99. The van der Waals surface area contributed by atoms with Gasteiger partial charge in [-0.25, -0.2) is 14.0 Å². The second-order valence-electron chi connectivity index (χ2n) is 4.24. The second kappa shape index (κ2) is 6.14. The first-order chi connectivity index (χ1) is 11.4. The van der Waals surface area contributed by atoms with Gasteiger partial charge in [0, 0.05) is 0 Å². The molecule has 0 aliphatic heterocycles. The van der Waals surface area contributed by atoms with E-state index < -0.39 is 52.6 Å². The number of nitrogens with zero attached hydrogens (tertiary/aromatic N) is 2. The Labute approximate surface area is 132 Å². The van der Waals surface area contributed by atoms with Crippen LogP contribution in [-0.2, 0) is 9.59 Å². The van der Waals surface area contributed by atoms with Crippen LogP contribution in [0.2, 0.25) is 0 Å². The third-order valence-electron chi connectivity index (χ3n) is 2.51. The molecular formula is C12H3F7N2O4. The zero-order valence-electron chi connectivity index (χ0n) is 11.4. The number of ether oxygens (including phenoxy) is 2. The molecule has 2 aromatic rings. The summed E-state index contributed by atoms with van der Waals surface area (Å²) in [4.78, 5) is 21.8. The fourth-order valence-corrected chi connectivity index (χ4v) is 1.53. The van der Waals surface area contributed by atoms with Gasteiger partial charge in [-0.05, 0) is 12.1 Å². The van der Waals surface area contributed by atoms with Crippen LogP contribution in [0.3, 0.4) is 0 Å². The van der Waals surface area contributed by atoms with Crippen LogP contribution in [0.25, 0.3) is 10.9 Å². The molecule has 0 spiro atoms. The molecule has 1 aromatic carbocycles. The van der Waals surface area contributed by atoms with Crippen molar-refractivity contribution in [1.29, 1.82) is 0 Å². The van der Waals surface area contributed by atoms with Crippen molar-refractivity contribution in [3.05, 3.63) is 24.0 Å². The number of esters is 2. The smallest absolute Gasteiger partial charge is 0.413 e. The van der Waals surface area contributed by atoms with Crippen molar-refractivity contribution >= 4 is 22.8 Å². The summed E-state index contributed by atoms with van der Waals surface area (Å²) in [5, 5.41) is 5.20. The van der Waals surface area contributed by atoms with Crippen LogP contribution in [0.15, 0.2) is 18.2 Å². The van der Waals surface area contributed by atoms with E-state index in [1.54, 1.807) is 0 Å². The van der Waals surface area contributed by atoms with Crippen molar-refractivity contribution < 1.29 is 49.8 Å². The van der Waals surface area contributed by atoms with Crippen molar-refractivity contribution in [2.24, 2.45) is 0 Å². The quantitative estimate of drug-likeness (QED) is 0.596. The first-order valence-corrected chi connectivity index (χ1v) is 5.94. The van der Waals surface area contributed by atoms with Gasteiger partial charge < -0.3 is 9.47 Å². The molecule has 1 heterocycles. The monoisotopic (exact) mass is 372 g/mol. The number of aromatic nitrogens is 2. The minimum absolute atomic E-state index is 0.461. The van der Waals surface area contributed by atoms with Crippen molar-refractivity contribution in [3.8, 4) is 11.6 Å². The van der Waals surface area contributed by atoms with E-state index in [9.17, 15) is 40.3 Å².